The Kier molecular flexibility index (Phi) is 3.63. The van der Waals surface area contributed by atoms with Crippen LogP contribution >= 0.6 is 0 Å². The molecule has 1 atom stereocenters. The first kappa shape index (κ1) is 12.6. The van der Waals surface area contributed by atoms with Gasteiger partial charge in [0, 0.05) is 11.6 Å². The zero-order chi connectivity index (χ0) is 13.1. The van der Waals surface area contributed by atoms with Crippen molar-refractivity contribution in [2.75, 3.05) is 0 Å². The largest absolute Gasteiger partial charge is 0.457 e. The number of aryl methyl sites for hydroxylation is 1. The Morgan fingerprint density at radius 1 is 1.11 bits per heavy atom. The average molecular weight is 245 g/mol. The number of ether oxygens (including phenoxy) is 1. The van der Waals surface area contributed by atoms with E-state index in [0.29, 0.717) is 17.1 Å². The van der Waals surface area contributed by atoms with Crippen LogP contribution in [0.5, 0.6) is 11.5 Å². The number of halogens is 1. The molecule has 0 aliphatic carbocycles. The molecule has 0 saturated heterocycles. The third kappa shape index (κ3) is 2.87. The second-order valence-corrected chi connectivity index (χ2v) is 4.39. The van der Waals surface area contributed by atoms with Gasteiger partial charge in [-0.2, -0.15) is 0 Å². The molecule has 0 aromatic heterocycles. The summed E-state index contributed by atoms with van der Waals surface area (Å²) in [7, 11) is 0. The minimum absolute atomic E-state index is 0.277. The molecular formula is C15H16FNO. The maximum Gasteiger partial charge on any atom is 0.132 e. The minimum atomic E-state index is -0.307. The van der Waals surface area contributed by atoms with Gasteiger partial charge < -0.3 is 10.5 Å². The SMILES string of the molecule is Cc1ccc(Oc2ccc(F)cc2C(C)N)cc1. The van der Waals surface area contributed by atoms with Crippen LogP contribution in [0.25, 0.3) is 0 Å². The summed E-state index contributed by atoms with van der Waals surface area (Å²) < 4.78 is 18.9. The lowest BCUT2D eigenvalue weighted by atomic mass is 10.1. The van der Waals surface area contributed by atoms with Crippen molar-refractivity contribution >= 4 is 0 Å². The van der Waals surface area contributed by atoms with Gasteiger partial charge in [0.2, 0.25) is 0 Å². The molecule has 2 nitrogen and oxygen atoms in total. The van der Waals surface area contributed by atoms with Gasteiger partial charge in [-0.25, -0.2) is 4.39 Å². The molecule has 3 heteroatoms. The molecule has 1 unspecified atom stereocenters. The van der Waals surface area contributed by atoms with Crippen molar-refractivity contribution in [1.82, 2.24) is 0 Å². The monoisotopic (exact) mass is 245 g/mol. The third-order valence-electron chi connectivity index (χ3n) is 2.71. The van der Waals surface area contributed by atoms with Gasteiger partial charge >= 0.3 is 0 Å². The molecule has 0 aliphatic heterocycles. The van der Waals surface area contributed by atoms with Crippen LogP contribution in [-0.4, -0.2) is 0 Å². The Labute approximate surface area is 106 Å². The van der Waals surface area contributed by atoms with Gasteiger partial charge in [-0.05, 0) is 44.2 Å². The second kappa shape index (κ2) is 5.19. The van der Waals surface area contributed by atoms with Crippen LogP contribution in [-0.2, 0) is 0 Å². The molecule has 94 valence electrons. The normalized spacial score (nSPS) is 12.2. The summed E-state index contributed by atoms with van der Waals surface area (Å²) in [6.07, 6.45) is 0. The van der Waals surface area contributed by atoms with Gasteiger partial charge in [-0.15, -0.1) is 0 Å². The molecular weight excluding hydrogens is 229 g/mol. The van der Waals surface area contributed by atoms with Crippen molar-refractivity contribution in [3.05, 3.63) is 59.4 Å². The Balaban J connectivity index is 2.31. The fourth-order valence-corrected chi connectivity index (χ4v) is 1.70. The van der Waals surface area contributed by atoms with Crippen molar-refractivity contribution in [2.45, 2.75) is 19.9 Å². The Morgan fingerprint density at radius 2 is 1.78 bits per heavy atom. The molecule has 0 fully saturated rings. The molecule has 2 aromatic rings. The van der Waals surface area contributed by atoms with Crippen LogP contribution in [0.15, 0.2) is 42.5 Å². The molecule has 18 heavy (non-hydrogen) atoms. The summed E-state index contributed by atoms with van der Waals surface area (Å²) in [6, 6.07) is 11.8. The number of hydrogen-bond donors (Lipinski definition) is 1. The van der Waals surface area contributed by atoms with Crippen molar-refractivity contribution in [2.24, 2.45) is 5.73 Å². The highest BCUT2D eigenvalue weighted by Gasteiger charge is 2.10. The van der Waals surface area contributed by atoms with Crippen molar-refractivity contribution in [3.63, 3.8) is 0 Å². The van der Waals surface area contributed by atoms with Crippen LogP contribution in [0.4, 0.5) is 4.39 Å². The lowest BCUT2D eigenvalue weighted by molar-refractivity contribution is 0.469. The zero-order valence-electron chi connectivity index (χ0n) is 10.5. The third-order valence-corrected chi connectivity index (χ3v) is 2.71. The maximum atomic E-state index is 13.2. The van der Waals surface area contributed by atoms with Crippen molar-refractivity contribution in [3.8, 4) is 11.5 Å². The topological polar surface area (TPSA) is 35.2 Å². The van der Waals surface area contributed by atoms with Crippen molar-refractivity contribution in [1.29, 1.82) is 0 Å². The van der Waals surface area contributed by atoms with Gasteiger partial charge in [0.05, 0.1) is 0 Å². The fourth-order valence-electron chi connectivity index (χ4n) is 1.70. The van der Waals surface area contributed by atoms with E-state index in [9.17, 15) is 4.39 Å². The standard InChI is InChI=1S/C15H16FNO/c1-10-3-6-13(7-4-10)18-15-8-5-12(16)9-14(15)11(2)17/h3-9,11H,17H2,1-2H3. The summed E-state index contributed by atoms with van der Waals surface area (Å²) in [6.45, 7) is 3.81. The average Bonchev–Trinajstić information content (AvgIpc) is 2.34. The Bertz CT molecular complexity index is 535. The highest BCUT2D eigenvalue weighted by Crippen LogP contribution is 2.29. The van der Waals surface area contributed by atoms with Crippen molar-refractivity contribution < 1.29 is 9.13 Å². The van der Waals surface area contributed by atoms with E-state index in [-0.39, 0.29) is 11.9 Å². The number of hydrogen-bond acceptors (Lipinski definition) is 2. The van der Waals surface area contributed by atoms with Crippen LogP contribution in [0.3, 0.4) is 0 Å². The highest BCUT2D eigenvalue weighted by atomic mass is 19.1. The molecule has 0 spiro atoms. The first-order chi connectivity index (χ1) is 8.56. The summed E-state index contributed by atoms with van der Waals surface area (Å²) >= 11 is 0. The molecule has 0 aliphatic rings. The first-order valence-electron chi connectivity index (χ1n) is 5.86. The predicted molar refractivity (Wildman–Crippen MR) is 70.3 cm³/mol. The van der Waals surface area contributed by atoms with Gasteiger partial charge in [0.1, 0.15) is 17.3 Å². The highest BCUT2D eigenvalue weighted by molar-refractivity contribution is 5.40. The van der Waals surface area contributed by atoms with E-state index in [1.165, 1.54) is 12.1 Å². The van der Waals surface area contributed by atoms with Crippen LogP contribution < -0.4 is 10.5 Å². The van der Waals surface area contributed by atoms with Crippen LogP contribution in [0.2, 0.25) is 0 Å². The molecule has 0 radical (unpaired) electrons. The van der Waals surface area contributed by atoms with Gasteiger partial charge in [-0.3, -0.25) is 0 Å². The Hall–Kier alpha value is -1.87. The fraction of sp³-hybridized carbons (Fsp3) is 0.200. The lowest BCUT2D eigenvalue weighted by Crippen LogP contribution is -2.07. The summed E-state index contributed by atoms with van der Waals surface area (Å²) in [5.74, 6) is 1.00. The Morgan fingerprint density at radius 3 is 2.39 bits per heavy atom. The zero-order valence-corrected chi connectivity index (χ0v) is 10.5. The first-order valence-corrected chi connectivity index (χ1v) is 5.86. The van der Waals surface area contributed by atoms with E-state index in [1.807, 2.05) is 31.2 Å². The number of benzene rings is 2. The maximum absolute atomic E-state index is 13.2. The summed E-state index contributed by atoms with van der Waals surface area (Å²) in [5, 5.41) is 0. The van der Waals surface area contributed by atoms with E-state index in [0.717, 1.165) is 5.56 Å². The lowest BCUT2D eigenvalue weighted by Gasteiger charge is -2.14. The minimum Gasteiger partial charge on any atom is -0.457 e. The van der Waals surface area contributed by atoms with E-state index in [4.69, 9.17) is 10.5 Å². The predicted octanol–water partition coefficient (Wildman–Crippen LogP) is 3.95. The van der Waals surface area contributed by atoms with Gasteiger partial charge in [0.15, 0.2) is 0 Å². The van der Waals surface area contributed by atoms with E-state index < -0.39 is 0 Å². The summed E-state index contributed by atoms with van der Waals surface area (Å²) in [5.41, 5.74) is 7.64. The van der Waals surface area contributed by atoms with E-state index >= 15 is 0 Å². The van der Waals surface area contributed by atoms with Gasteiger partial charge in [-0.1, -0.05) is 17.7 Å². The van der Waals surface area contributed by atoms with Crippen LogP contribution in [0.1, 0.15) is 24.1 Å². The molecule has 0 amide bonds. The molecule has 2 rings (SSSR count). The van der Waals surface area contributed by atoms with E-state index in [1.54, 1.807) is 13.0 Å². The molecule has 0 bridgehead atoms. The number of nitrogens with two attached hydrogens (primary N) is 1. The van der Waals surface area contributed by atoms with Gasteiger partial charge in [0.25, 0.3) is 0 Å². The quantitative estimate of drug-likeness (QED) is 0.888. The number of rotatable bonds is 3. The van der Waals surface area contributed by atoms with Crippen LogP contribution in [0, 0.1) is 12.7 Å². The molecule has 0 heterocycles. The smallest absolute Gasteiger partial charge is 0.132 e. The van der Waals surface area contributed by atoms with E-state index in [2.05, 4.69) is 0 Å². The summed E-state index contributed by atoms with van der Waals surface area (Å²) in [4.78, 5) is 0. The molecule has 2 aromatic carbocycles. The second-order valence-electron chi connectivity index (χ2n) is 4.39. The molecule has 2 N–H and O–H groups in total. The molecule has 0 saturated carbocycles.